The largest absolute Gasteiger partial charge is 0.397 e. The van der Waals surface area contributed by atoms with Crippen molar-refractivity contribution < 1.29 is 18.4 Å². The minimum Gasteiger partial charge on any atom is -0.300 e. The zero-order valence-electron chi connectivity index (χ0n) is 13.5. The summed E-state index contributed by atoms with van der Waals surface area (Å²) in [6.45, 7) is 0. The number of rotatable bonds is 6. The maximum atomic E-state index is 13.3. The summed E-state index contributed by atoms with van der Waals surface area (Å²) in [7, 11) is -3.62. The van der Waals surface area contributed by atoms with Crippen molar-refractivity contribution >= 4 is 13.1 Å². The maximum Gasteiger partial charge on any atom is 0.397 e. The molecule has 0 bridgehead atoms. The molecule has 3 aliphatic carbocycles. The average molecular weight is 328 g/mol. The first-order valence-corrected chi connectivity index (χ1v) is 10.7. The van der Waals surface area contributed by atoms with Crippen molar-refractivity contribution in [1.82, 2.24) is 0 Å². The van der Waals surface area contributed by atoms with Crippen LogP contribution in [0.4, 0.5) is 0 Å². The molecule has 0 heterocycles. The van der Waals surface area contributed by atoms with Crippen LogP contribution in [0.15, 0.2) is 0 Å². The maximum absolute atomic E-state index is 13.3. The van der Waals surface area contributed by atoms with E-state index in [0.29, 0.717) is 0 Å². The van der Waals surface area contributed by atoms with E-state index in [1.54, 1.807) is 0 Å². The predicted octanol–water partition coefficient (Wildman–Crippen LogP) is 5.20. The van der Waals surface area contributed by atoms with Gasteiger partial charge in [0.05, 0.1) is 12.2 Å². The highest BCUT2D eigenvalue weighted by molar-refractivity contribution is 7.71. The summed E-state index contributed by atoms with van der Waals surface area (Å²) in [5, 5.41) is 0. The topological polar surface area (TPSA) is 52.6 Å². The van der Waals surface area contributed by atoms with Crippen molar-refractivity contribution in [2.24, 2.45) is 5.92 Å². The highest BCUT2D eigenvalue weighted by Gasteiger charge is 2.44. The van der Waals surface area contributed by atoms with E-state index in [1.165, 1.54) is 6.42 Å². The lowest BCUT2D eigenvalue weighted by molar-refractivity contribution is -0.119. The van der Waals surface area contributed by atoms with Crippen LogP contribution in [0.1, 0.15) is 83.5 Å². The van der Waals surface area contributed by atoms with Gasteiger partial charge in [0.15, 0.2) is 0 Å². The Morgan fingerprint density at radius 1 is 0.682 bits per heavy atom. The van der Waals surface area contributed by atoms with Gasteiger partial charge >= 0.3 is 7.60 Å². The molecule has 3 fully saturated rings. The summed E-state index contributed by atoms with van der Waals surface area (Å²) in [5.41, 5.74) is -0.217. The second kappa shape index (κ2) is 7.59. The summed E-state index contributed by atoms with van der Waals surface area (Å²) >= 11 is 0. The SMILES string of the molecule is O=C(C1CCCCC1)P(=O)(OC1CCCC1)OC1CCCC1. The van der Waals surface area contributed by atoms with E-state index >= 15 is 0 Å². The molecular weight excluding hydrogens is 299 g/mol. The van der Waals surface area contributed by atoms with E-state index in [-0.39, 0.29) is 23.7 Å². The van der Waals surface area contributed by atoms with Gasteiger partial charge in [0.1, 0.15) is 0 Å². The van der Waals surface area contributed by atoms with Crippen LogP contribution in [0, 0.1) is 5.92 Å². The fourth-order valence-electron chi connectivity index (χ4n) is 4.08. The van der Waals surface area contributed by atoms with Crippen LogP contribution >= 0.6 is 7.60 Å². The first-order valence-electron chi connectivity index (χ1n) is 9.19. The fraction of sp³-hybridized carbons (Fsp3) is 0.941. The fourth-order valence-corrected chi connectivity index (χ4v) is 6.25. The predicted molar refractivity (Wildman–Crippen MR) is 85.9 cm³/mol. The normalized spacial score (nSPS) is 25.8. The quantitative estimate of drug-likeness (QED) is 0.628. The van der Waals surface area contributed by atoms with Crippen LogP contribution in [0.25, 0.3) is 0 Å². The zero-order valence-corrected chi connectivity index (χ0v) is 14.4. The molecular formula is C17H29O4P. The van der Waals surface area contributed by atoms with Gasteiger partial charge in [0, 0.05) is 5.92 Å². The van der Waals surface area contributed by atoms with E-state index in [0.717, 1.165) is 77.0 Å². The highest BCUT2D eigenvalue weighted by Crippen LogP contribution is 2.57. The Morgan fingerprint density at radius 2 is 1.09 bits per heavy atom. The van der Waals surface area contributed by atoms with Gasteiger partial charge in [-0.25, -0.2) is 0 Å². The molecule has 3 rings (SSSR count). The third-order valence-electron chi connectivity index (χ3n) is 5.40. The molecule has 4 nitrogen and oxygen atoms in total. The monoisotopic (exact) mass is 328 g/mol. The van der Waals surface area contributed by atoms with Crippen molar-refractivity contribution in [3.8, 4) is 0 Å². The smallest absolute Gasteiger partial charge is 0.300 e. The number of carbonyl (C=O) groups excluding carboxylic acids is 1. The van der Waals surface area contributed by atoms with Gasteiger partial charge < -0.3 is 0 Å². The Bertz CT molecular complexity index is 396. The van der Waals surface area contributed by atoms with Crippen LogP contribution in [0.5, 0.6) is 0 Å². The molecule has 0 unspecified atom stereocenters. The molecule has 0 aromatic heterocycles. The molecule has 0 aromatic rings. The second-order valence-electron chi connectivity index (χ2n) is 7.19. The molecule has 0 aliphatic heterocycles. The molecule has 0 radical (unpaired) electrons. The molecule has 0 N–H and O–H groups in total. The minimum absolute atomic E-state index is 0.0419. The van der Waals surface area contributed by atoms with Crippen LogP contribution in [0.3, 0.4) is 0 Å². The Labute approximate surface area is 133 Å². The van der Waals surface area contributed by atoms with Crippen LogP contribution in [-0.2, 0) is 18.4 Å². The number of carbonyl (C=O) groups is 1. The third-order valence-corrected chi connectivity index (χ3v) is 7.46. The molecule has 22 heavy (non-hydrogen) atoms. The van der Waals surface area contributed by atoms with Crippen molar-refractivity contribution in [2.45, 2.75) is 95.7 Å². The van der Waals surface area contributed by atoms with Gasteiger partial charge in [-0.2, -0.15) is 0 Å². The molecule has 3 aliphatic rings. The Hall–Kier alpha value is -0.180. The average Bonchev–Trinajstić information content (AvgIpc) is 3.21. The summed E-state index contributed by atoms with van der Waals surface area (Å²) in [5.74, 6) is -0.109. The van der Waals surface area contributed by atoms with Crippen LogP contribution in [-0.4, -0.2) is 17.7 Å². The van der Waals surface area contributed by atoms with Crippen molar-refractivity contribution in [3.05, 3.63) is 0 Å². The van der Waals surface area contributed by atoms with E-state index in [4.69, 9.17) is 9.05 Å². The van der Waals surface area contributed by atoms with Gasteiger partial charge in [0.25, 0.3) is 0 Å². The van der Waals surface area contributed by atoms with Gasteiger partial charge in [-0.05, 0) is 38.5 Å². The van der Waals surface area contributed by atoms with Gasteiger partial charge in [-0.3, -0.25) is 18.4 Å². The van der Waals surface area contributed by atoms with Crippen LogP contribution in [0.2, 0.25) is 0 Å². The first-order chi connectivity index (χ1) is 10.7. The third kappa shape index (κ3) is 4.01. The first kappa shape index (κ1) is 16.7. The minimum atomic E-state index is -3.62. The van der Waals surface area contributed by atoms with Gasteiger partial charge in [-0.1, -0.05) is 44.9 Å². The summed E-state index contributed by atoms with van der Waals surface area (Å²) in [6, 6.07) is 0. The van der Waals surface area contributed by atoms with E-state index in [9.17, 15) is 9.36 Å². The lowest BCUT2D eigenvalue weighted by atomic mass is 9.90. The molecule has 5 heteroatoms. The molecule has 0 spiro atoms. The Kier molecular flexibility index (Phi) is 5.75. The second-order valence-corrected chi connectivity index (χ2v) is 9.05. The molecule has 0 saturated heterocycles. The number of hydrogen-bond donors (Lipinski definition) is 0. The molecule has 126 valence electrons. The lowest BCUT2D eigenvalue weighted by Crippen LogP contribution is -2.24. The van der Waals surface area contributed by atoms with Gasteiger partial charge in [-0.15, -0.1) is 0 Å². The molecule has 0 amide bonds. The molecule has 0 aromatic carbocycles. The summed E-state index contributed by atoms with van der Waals surface area (Å²) < 4.78 is 25.0. The Morgan fingerprint density at radius 3 is 1.55 bits per heavy atom. The molecule has 0 atom stereocenters. The van der Waals surface area contributed by atoms with Crippen molar-refractivity contribution in [1.29, 1.82) is 0 Å². The highest BCUT2D eigenvalue weighted by atomic mass is 31.2. The van der Waals surface area contributed by atoms with E-state index in [2.05, 4.69) is 0 Å². The van der Waals surface area contributed by atoms with Crippen molar-refractivity contribution in [3.63, 3.8) is 0 Å². The summed E-state index contributed by atoms with van der Waals surface area (Å²) in [6.07, 6.45) is 13.0. The lowest BCUT2D eigenvalue weighted by Gasteiger charge is -2.28. The zero-order chi connectivity index (χ0) is 15.4. The van der Waals surface area contributed by atoms with E-state index < -0.39 is 7.60 Å². The van der Waals surface area contributed by atoms with E-state index in [1.807, 2.05) is 0 Å². The number of hydrogen-bond acceptors (Lipinski definition) is 4. The standard InChI is InChI=1S/C17H29O4P/c18-17(14-8-2-1-3-9-14)22(19,20-15-10-4-5-11-15)21-16-12-6-7-13-16/h14-16H,1-13H2. The Balaban J connectivity index is 1.70. The van der Waals surface area contributed by atoms with Crippen LogP contribution < -0.4 is 0 Å². The summed E-state index contributed by atoms with van der Waals surface area (Å²) in [4.78, 5) is 12.9. The van der Waals surface area contributed by atoms with Gasteiger partial charge in [0.2, 0.25) is 5.52 Å². The van der Waals surface area contributed by atoms with Crippen molar-refractivity contribution in [2.75, 3.05) is 0 Å². The molecule has 3 saturated carbocycles.